The zero-order valence-corrected chi connectivity index (χ0v) is 11.0. The number of anilines is 1. The van der Waals surface area contributed by atoms with Crippen molar-refractivity contribution in [3.63, 3.8) is 0 Å². The average molecular weight is 238 g/mol. The van der Waals surface area contributed by atoms with Gasteiger partial charge in [0.25, 0.3) is 0 Å². The molecule has 1 aromatic rings. The van der Waals surface area contributed by atoms with Crippen molar-refractivity contribution in [2.45, 2.75) is 33.7 Å². The summed E-state index contributed by atoms with van der Waals surface area (Å²) in [5.41, 5.74) is 6.98. The summed E-state index contributed by atoms with van der Waals surface area (Å²) in [6.45, 7) is 8.60. The number of hydrogen-bond donors (Lipinski definition) is 1. The van der Waals surface area contributed by atoms with Gasteiger partial charge < -0.3 is 10.6 Å². The third kappa shape index (κ3) is 3.70. The van der Waals surface area contributed by atoms with E-state index in [1.807, 2.05) is 6.07 Å². The van der Waals surface area contributed by atoms with E-state index in [-0.39, 0.29) is 12.4 Å². The third-order valence-corrected chi connectivity index (χ3v) is 3.23. The Kier molecular flexibility index (Phi) is 5.42. The highest BCUT2D eigenvalue weighted by Gasteiger charge is 2.10. The minimum Gasteiger partial charge on any atom is -0.371 e. The lowest BCUT2D eigenvalue weighted by molar-refractivity contribution is 0.546. The van der Waals surface area contributed by atoms with Gasteiger partial charge in [0.1, 0.15) is 5.82 Å². The molecule has 0 aromatic heterocycles. The van der Waals surface area contributed by atoms with Crippen LogP contribution in [-0.2, 0) is 6.54 Å². The second kappa shape index (κ2) is 6.60. The second-order valence-electron chi connectivity index (χ2n) is 4.53. The fraction of sp³-hybridized carbons (Fsp3) is 0.571. The first kappa shape index (κ1) is 14.0. The summed E-state index contributed by atoms with van der Waals surface area (Å²) >= 11 is 0. The summed E-state index contributed by atoms with van der Waals surface area (Å²) in [6, 6.07) is 5.33. The van der Waals surface area contributed by atoms with E-state index >= 15 is 0 Å². The number of halogens is 1. The van der Waals surface area contributed by atoms with Gasteiger partial charge in [0, 0.05) is 30.9 Å². The SMILES string of the molecule is CCC(C)CN(CC)c1ccc(CN)c(F)c1. The lowest BCUT2D eigenvalue weighted by atomic mass is 10.1. The van der Waals surface area contributed by atoms with E-state index in [9.17, 15) is 4.39 Å². The lowest BCUT2D eigenvalue weighted by Crippen LogP contribution is -2.28. The van der Waals surface area contributed by atoms with Crippen LogP contribution in [0.4, 0.5) is 10.1 Å². The zero-order valence-electron chi connectivity index (χ0n) is 11.0. The molecule has 0 fully saturated rings. The van der Waals surface area contributed by atoms with Gasteiger partial charge in [-0.1, -0.05) is 26.3 Å². The maximum absolute atomic E-state index is 13.7. The highest BCUT2D eigenvalue weighted by molar-refractivity contribution is 5.48. The summed E-state index contributed by atoms with van der Waals surface area (Å²) in [5.74, 6) is 0.416. The molecule has 17 heavy (non-hydrogen) atoms. The van der Waals surface area contributed by atoms with Gasteiger partial charge in [0.15, 0.2) is 0 Å². The van der Waals surface area contributed by atoms with E-state index in [2.05, 4.69) is 25.7 Å². The Bertz CT molecular complexity index is 352. The first-order chi connectivity index (χ1) is 8.12. The summed E-state index contributed by atoms with van der Waals surface area (Å²) < 4.78 is 13.7. The quantitative estimate of drug-likeness (QED) is 0.825. The van der Waals surface area contributed by atoms with Crippen molar-refractivity contribution in [3.05, 3.63) is 29.6 Å². The van der Waals surface area contributed by atoms with Gasteiger partial charge in [0.05, 0.1) is 0 Å². The minimum absolute atomic E-state index is 0.201. The number of hydrogen-bond acceptors (Lipinski definition) is 2. The van der Waals surface area contributed by atoms with Crippen molar-refractivity contribution < 1.29 is 4.39 Å². The molecule has 0 saturated heterocycles. The molecule has 0 radical (unpaired) electrons. The van der Waals surface area contributed by atoms with Crippen LogP contribution in [0.3, 0.4) is 0 Å². The molecule has 0 saturated carbocycles. The molecule has 2 N–H and O–H groups in total. The summed E-state index contributed by atoms with van der Waals surface area (Å²) in [4.78, 5) is 2.21. The second-order valence-corrected chi connectivity index (χ2v) is 4.53. The molecule has 3 heteroatoms. The lowest BCUT2D eigenvalue weighted by Gasteiger charge is -2.26. The van der Waals surface area contributed by atoms with Crippen molar-refractivity contribution in [2.75, 3.05) is 18.0 Å². The predicted octanol–water partition coefficient (Wildman–Crippen LogP) is 3.16. The molecule has 0 aliphatic heterocycles. The Morgan fingerprint density at radius 1 is 1.35 bits per heavy atom. The fourth-order valence-corrected chi connectivity index (χ4v) is 1.82. The first-order valence-electron chi connectivity index (χ1n) is 6.35. The first-order valence-corrected chi connectivity index (χ1v) is 6.35. The highest BCUT2D eigenvalue weighted by Crippen LogP contribution is 2.20. The summed E-state index contributed by atoms with van der Waals surface area (Å²) in [7, 11) is 0. The van der Waals surface area contributed by atoms with Crippen LogP contribution in [-0.4, -0.2) is 13.1 Å². The predicted molar refractivity (Wildman–Crippen MR) is 71.6 cm³/mol. The number of benzene rings is 1. The van der Waals surface area contributed by atoms with Crippen molar-refractivity contribution in [1.29, 1.82) is 0 Å². The number of nitrogens with zero attached hydrogens (tertiary/aromatic N) is 1. The molecule has 0 aliphatic carbocycles. The van der Waals surface area contributed by atoms with Crippen LogP contribution >= 0.6 is 0 Å². The van der Waals surface area contributed by atoms with Gasteiger partial charge in [-0.3, -0.25) is 0 Å². The van der Waals surface area contributed by atoms with E-state index in [0.717, 1.165) is 25.2 Å². The van der Waals surface area contributed by atoms with Crippen LogP contribution in [0.1, 0.15) is 32.8 Å². The van der Waals surface area contributed by atoms with Crippen molar-refractivity contribution in [3.8, 4) is 0 Å². The molecule has 0 heterocycles. The Labute approximate surface area is 104 Å². The van der Waals surface area contributed by atoms with Crippen molar-refractivity contribution in [2.24, 2.45) is 11.7 Å². The van der Waals surface area contributed by atoms with Gasteiger partial charge in [-0.15, -0.1) is 0 Å². The number of rotatable bonds is 6. The molecule has 0 bridgehead atoms. The van der Waals surface area contributed by atoms with Crippen molar-refractivity contribution in [1.82, 2.24) is 0 Å². The van der Waals surface area contributed by atoms with Crippen LogP contribution in [0.15, 0.2) is 18.2 Å². The highest BCUT2D eigenvalue weighted by atomic mass is 19.1. The van der Waals surface area contributed by atoms with Crippen LogP contribution in [0.5, 0.6) is 0 Å². The van der Waals surface area contributed by atoms with Gasteiger partial charge in [-0.2, -0.15) is 0 Å². The molecule has 1 unspecified atom stereocenters. The van der Waals surface area contributed by atoms with Gasteiger partial charge >= 0.3 is 0 Å². The molecule has 1 aromatic carbocycles. The maximum Gasteiger partial charge on any atom is 0.129 e. The minimum atomic E-state index is -0.201. The molecule has 96 valence electrons. The average Bonchev–Trinajstić information content (AvgIpc) is 2.35. The van der Waals surface area contributed by atoms with Crippen LogP contribution < -0.4 is 10.6 Å². The fourth-order valence-electron chi connectivity index (χ4n) is 1.82. The summed E-state index contributed by atoms with van der Waals surface area (Å²) in [5, 5.41) is 0. The van der Waals surface area contributed by atoms with Crippen molar-refractivity contribution >= 4 is 5.69 Å². The molecule has 0 aliphatic rings. The molecule has 0 amide bonds. The Balaban J connectivity index is 2.85. The molecular formula is C14H23FN2. The van der Waals surface area contributed by atoms with E-state index in [4.69, 9.17) is 5.73 Å². The van der Waals surface area contributed by atoms with Gasteiger partial charge in [-0.05, 0) is 25.0 Å². The van der Waals surface area contributed by atoms with E-state index in [1.54, 1.807) is 12.1 Å². The van der Waals surface area contributed by atoms with E-state index in [0.29, 0.717) is 11.5 Å². The Morgan fingerprint density at radius 2 is 2.06 bits per heavy atom. The number of nitrogens with two attached hydrogens (primary N) is 1. The Hall–Kier alpha value is -1.09. The molecule has 1 atom stereocenters. The zero-order chi connectivity index (χ0) is 12.8. The Morgan fingerprint density at radius 3 is 2.53 bits per heavy atom. The largest absolute Gasteiger partial charge is 0.371 e. The van der Waals surface area contributed by atoms with E-state index in [1.165, 1.54) is 0 Å². The van der Waals surface area contributed by atoms with Gasteiger partial charge in [-0.25, -0.2) is 4.39 Å². The molecule has 0 spiro atoms. The third-order valence-electron chi connectivity index (χ3n) is 3.23. The van der Waals surface area contributed by atoms with Crippen LogP contribution in [0.25, 0.3) is 0 Å². The molecule has 1 rings (SSSR count). The van der Waals surface area contributed by atoms with Crippen LogP contribution in [0.2, 0.25) is 0 Å². The van der Waals surface area contributed by atoms with E-state index < -0.39 is 0 Å². The normalized spacial score (nSPS) is 12.5. The van der Waals surface area contributed by atoms with Gasteiger partial charge in [0.2, 0.25) is 0 Å². The van der Waals surface area contributed by atoms with Crippen LogP contribution in [0, 0.1) is 11.7 Å². The smallest absolute Gasteiger partial charge is 0.129 e. The topological polar surface area (TPSA) is 29.3 Å². The maximum atomic E-state index is 13.7. The molecule has 2 nitrogen and oxygen atoms in total. The summed E-state index contributed by atoms with van der Waals surface area (Å²) in [6.07, 6.45) is 1.14. The molecular weight excluding hydrogens is 215 g/mol. The monoisotopic (exact) mass is 238 g/mol. The standard InChI is InChI=1S/C14H23FN2/c1-4-11(3)10-17(5-2)13-7-6-12(9-16)14(15)8-13/h6-8,11H,4-5,9-10,16H2,1-3H3.